The van der Waals surface area contributed by atoms with E-state index in [-0.39, 0.29) is 12.6 Å². The Morgan fingerprint density at radius 2 is 1.46 bits per heavy atom. The molecule has 0 radical (unpaired) electrons. The van der Waals surface area contributed by atoms with Crippen molar-refractivity contribution in [3.8, 4) is 0 Å². The van der Waals surface area contributed by atoms with Crippen LogP contribution in [0.15, 0.2) is 77.3 Å². The molecule has 128 valence electrons. The minimum atomic E-state index is -0.327. The van der Waals surface area contributed by atoms with Crippen LogP contribution >= 0.6 is 38.5 Å². The van der Waals surface area contributed by atoms with Crippen LogP contribution in [-0.4, -0.2) is 5.97 Å². The van der Waals surface area contributed by atoms with E-state index in [4.69, 9.17) is 4.74 Å². The van der Waals surface area contributed by atoms with E-state index in [1.165, 1.54) is 10.8 Å². The average Bonchev–Trinajstić information content (AvgIpc) is 2.68. The predicted molar refractivity (Wildman–Crippen MR) is 117 cm³/mol. The zero-order valence-corrected chi connectivity index (χ0v) is 17.5. The Balaban J connectivity index is 1.60. The van der Waals surface area contributed by atoms with Gasteiger partial charge >= 0.3 is 5.97 Å². The highest BCUT2D eigenvalue weighted by molar-refractivity contribution is 14.1. The molecule has 0 fully saturated rings. The quantitative estimate of drug-likeness (QED) is 0.223. The first-order chi connectivity index (χ1) is 12.6. The lowest BCUT2D eigenvalue weighted by molar-refractivity contribution is 0.0471. The van der Waals surface area contributed by atoms with Crippen LogP contribution in [0.1, 0.15) is 15.9 Å². The molecule has 2 nitrogen and oxygen atoms in total. The predicted octanol–water partition coefficient (Wildman–Crippen LogP) is 6.72. The van der Waals surface area contributed by atoms with Gasteiger partial charge < -0.3 is 4.74 Å². The van der Waals surface area contributed by atoms with Crippen molar-refractivity contribution in [1.29, 1.82) is 0 Å². The summed E-state index contributed by atoms with van der Waals surface area (Å²) in [6.07, 6.45) is 0. The molecule has 26 heavy (non-hydrogen) atoms. The van der Waals surface area contributed by atoms with Crippen LogP contribution in [0.5, 0.6) is 0 Å². The van der Waals surface area contributed by atoms with Gasteiger partial charge in [-0.3, -0.25) is 0 Å². The molecule has 0 unspecified atom stereocenters. The topological polar surface area (TPSA) is 26.3 Å². The lowest BCUT2D eigenvalue weighted by atomic mass is 10.1. The molecular weight excluding hydrogens is 503 g/mol. The number of halogens is 2. The Morgan fingerprint density at radius 3 is 2.23 bits per heavy atom. The maximum atomic E-state index is 12.6. The van der Waals surface area contributed by atoms with Gasteiger partial charge in [-0.25, -0.2) is 4.79 Å². The maximum Gasteiger partial charge on any atom is 0.339 e. The van der Waals surface area contributed by atoms with Crippen LogP contribution in [0.4, 0.5) is 0 Å². The van der Waals surface area contributed by atoms with Crippen LogP contribution in [0.25, 0.3) is 21.5 Å². The third kappa shape index (κ3) is 3.23. The number of benzene rings is 4. The molecule has 0 amide bonds. The molecule has 0 N–H and O–H groups in total. The Morgan fingerprint density at radius 1 is 0.846 bits per heavy atom. The number of ether oxygens (including phenoxy) is 1. The summed E-state index contributed by atoms with van der Waals surface area (Å²) in [7, 11) is 0. The van der Waals surface area contributed by atoms with Gasteiger partial charge in [-0.15, -0.1) is 0 Å². The molecule has 0 aliphatic carbocycles. The minimum absolute atomic E-state index is 0.251. The van der Waals surface area contributed by atoms with E-state index in [9.17, 15) is 4.79 Å². The lowest BCUT2D eigenvalue weighted by Crippen LogP contribution is -2.07. The summed E-state index contributed by atoms with van der Waals surface area (Å²) in [5.74, 6) is -0.327. The molecule has 0 aromatic heterocycles. The highest BCUT2D eigenvalue weighted by Gasteiger charge is 2.15. The van der Waals surface area contributed by atoms with Gasteiger partial charge in [-0.05, 0) is 66.1 Å². The summed E-state index contributed by atoms with van der Waals surface area (Å²) in [4.78, 5) is 12.6. The Bertz CT molecular complexity index is 1140. The number of fused-ring (bicyclic) bond motifs is 2. The van der Waals surface area contributed by atoms with Gasteiger partial charge in [0.05, 0.1) is 5.56 Å². The van der Waals surface area contributed by atoms with Crippen LogP contribution in [0.2, 0.25) is 0 Å². The summed E-state index contributed by atoms with van der Waals surface area (Å²) in [6.45, 7) is 0.251. The van der Waals surface area contributed by atoms with Gasteiger partial charge in [0.15, 0.2) is 0 Å². The molecule has 4 aromatic rings. The van der Waals surface area contributed by atoms with Crippen LogP contribution in [0.3, 0.4) is 0 Å². The standard InChI is InChI=1S/C22H14BrIO2/c23-20-17-7-3-1-5-14(17)11-12-19(20)22(25)26-13-16-10-9-15-6-2-4-8-18(15)21(16)24/h1-12H,13H2. The summed E-state index contributed by atoms with van der Waals surface area (Å²) < 4.78 is 7.49. The highest BCUT2D eigenvalue weighted by Crippen LogP contribution is 2.29. The van der Waals surface area contributed by atoms with E-state index in [0.717, 1.165) is 24.4 Å². The zero-order valence-electron chi connectivity index (χ0n) is 13.7. The molecule has 0 bridgehead atoms. The molecule has 0 aliphatic heterocycles. The zero-order chi connectivity index (χ0) is 18.1. The number of carbonyl (C=O) groups is 1. The van der Waals surface area contributed by atoms with Crippen molar-refractivity contribution in [3.05, 3.63) is 92.0 Å². The minimum Gasteiger partial charge on any atom is -0.457 e. The molecule has 4 rings (SSSR count). The summed E-state index contributed by atoms with van der Waals surface area (Å²) in [5, 5.41) is 4.44. The van der Waals surface area contributed by atoms with Gasteiger partial charge in [0.2, 0.25) is 0 Å². The monoisotopic (exact) mass is 516 g/mol. The third-order valence-corrected chi connectivity index (χ3v) is 6.51. The van der Waals surface area contributed by atoms with Crippen molar-refractivity contribution < 1.29 is 9.53 Å². The highest BCUT2D eigenvalue weighted by atomic mass is 127. The molecule has 4 heteroatoms. The van der Waals surface area contributed by atoms with Crippen molar-refractivity contribution in [3.63, 3.8) is 0 Å². The molecule has 0 spiro atoms. The fourth-order valence-electron chi connectivity index (χ4n) is 3.00. The molecule has 0 atom stereocenters. The molecular formula is C22H14BrIO2. The van der Waals surface area contributed by atoms with E-state index in [0.29, 0.717) is 5.56 Å². The Labute approximate surface area is 173 Å². The number of rotatable bonds is 3. The van der Waals surface area contributed by atoms with Crippen molar-refractivity contribution >= 4 is 66.0 Å². The lowest BCUT2D eigenvalue weighted by Gasteiger charge is -2.11. The molecule has 0 aliphatic rings. The van der Waals surface area contributed by atoms with E-state index < -0.39 is 0 Å². The number of hydrogen-bond acceptors (Lipinski definition) is 2. The van der Waals surface area contributed by atoms with Crippen molar-refractivity contribution in [2.75, 3.05) is 0 Å². The SMILES string of the molecule is O=C(OCc1ccc2ccccc2c1I)c1ccc2ccccc2c1Br. The summed E-state index contributed by atoms with van der Waals surface area (Å²) in [6, 6.07) is 24.0. The van der Waals surface area contributed by atoms with Gasteiger partial charge in [0, 0.05) is 13.6 Å². The molecule has 0 heterocycles. The average molecular weight is 517 g/mol. The summed E-state index contributed by atoms with van der Waals surface area (Å²) in [5.41, 5.74) is 1.55. The second-order valence-corrected chi connectivity index (χ2v) is 7.86. The van der Waals surface area contributed by atoms with Crippen molar-refractivity contribution in [1.82, 2.24) is 0 Å². The van der Waals surface area contributed by atoms with Crippen LogP contribution in [0, 0.1) is 3.57 Å². The second-order valence-electron chi connectivity index (χ2n) is 5.98. The van der Waals surface area contributed by atoms with Gasteiger partial charge in [-0.1, -0.05) is 66.7 Å². The maximum absolute atomic E-state index is 12.6. The largest absolute Gasteiger partial charge is 0.457 e. The number of esters is 1. The van der Waals surface area contributed by atoms with Crippen molar-refractivity contribution in [2.24, 2.45) is 0 Å². The first-order valence-corrected chi connectivity index (χ1v) is 10.0. The van der Waals surface area contributed by atoms with E-state index >= 15 is 0 Å². The van der Waals surface area contributed by atoms with Gasteiger partial charge in [0.1, 0.15) is 6.61 Å². The van der Waals surface area contributed by atoms with E-state index in [1.54, 1.807) is 6.07 Å². The van der Waals surface area contributed by atoms with Gasteiger partial charge in [-0.2, -0.15) is 0 Å². The fourth-order valence-corrected chi connectivity index (χ4v) is 4.48. The van der Waals surface area contributed by atoms with Crippen molar-refractivity contribution in [2.45, 2.75) is 6.61 Å². The normalized spacial score (nSPS) is 11.0. The first kappa shape index (κ1) is 17.5. The molecule has 4 aromatic carbocycles. The Hall–Kier alpha value is -1.92. The second kappa shape index (κ2) is 7.37. The van der Waals surface area contributed by atoms with Crippen LogP contribution in [-0.2, 0) is 11.3 Å². The fraction of sp³-hybridized carbons (Fsp3) is 0.0455. The molecule has 0 saturated carbocycles. The van der Waals surface area contributed by atoms with Gasteiger partial charge in [0.25, 0.3) is 0 Å². The number of carbonyl (C=O) groups excluding carboxylic acids is 1. The smallest absolute Gasteiger partial charge is 0.339 e. The van der Waals surface area contributed by atoms with E-state index in [2.05, 4.69) is 56.7 Å². The third-order valence-electron chi connectivity index (χ3n) is 4.39. The first-order valence-electron chi connectivity index (χ1n) is 8.15. The summed E-state index contributed by atoms with van der Waals surface area (Å²) >= 11 is 5.87. The Kier molecular flexibility index (Phi) is 4.96. The molecule has 0 saturated heterocycles. The van der Waals surface area contributed by atoms with E-state index in [1.807, 2.05) is 48.5 Å². The van der Waals surface area contributed by atoms with Crippen LogP contribution < -0.4 is 0 Å². The number of hydrogen-bond donors (Lipinski definition) is 0.